The highest BCUT2D eigenvalue weighted by atomic mass is 32.2. The van der Waals surface area contributed by atoms with E-state index in [1.54, 1.807) is 29.3 Å². The summed E-state index contributed by atoms with van der Waals surface area (Å²) in [6, 6.07) is 10.6. The van der Waals surface area contributed by atoms with Crippen LogP contribution < -0.4 is 5.32 Å². The standard InChI is InChI=1S/C18H14F2N2OS2/c1-2-24-16-6-4-3-5-13(16)17(23)22-18-21-15(10-25-18)12-8-7-11(19)9-14(12)20/h3-10H,2H2,1H3,(H,21,22,23). The number of carbonyl (C=O) groups excluding carboxylic acids is 1. The number of nitrogens with one attached hydrogen (secondary N) is 1. The second-order valence-corrected chi connectivity index (χ2v) is 7.21. The lowest BCUT2D eigenvalue weighted by Crippen LogP contribution is -2.12. The molecule has 0 fully saturated rings. The van der Waals surface area contributed by atoms with Crippen LogP contribution in [-0.2, 0) is 0 Å². The minimum absolute atomic E-state index is 0.195. The van der Waals surface area contributed by atoms with Crippen LogP contribution in [0.1, 0.15) is 17.3 Å². The van der Waals surface area contributed by atoms with Crippen LogP contribution in [0.4, 0.5) is 13.9 Å². The summed E-state index contributed by atoms with van der Waals surface area (Å²) in [6.45, 7) is 2.02. The first kappa shape index (κ1) is 17.6. The molecule has 1 heterocycles. The van der Waals surface area contributed by atoms with Gasteiger partial charge in [0.15, 0.2) is 5.13 Å². The summed E-state index contributed by atoms with van der Waals surface area (Å²) in [5.74, 6) is -0.741. The van der Waals surface area contributed by atoms with Gasteiger partial charge in [-0.2, -0.15) is 0 Å². The van der Waals surface area contributed by atoms with Gasteiger partial charge in [0.25, 0.3) is 5.91 Å². The SMILES string of the molecule is CCSc1ccccc1C(=O)Nc1nc(-c2ccc(F)cc2F)cs1. The fraction of sp³-hybridized carbons (Fsp3) is 0.111. The normalized spacial score (nSPS) is 10.7. The van der Waals surface area contributed by atoms with E-state index in [4.69, 9.17) is 0 Å². The Morgan fingerprint density at radius 1 is 1.24 bits per heavy atom. The summed E-state index contributed by atoms with van der Waals surface area (Å²) in [4.78, 5) is 17.6. The van der Waals surface area contributed by atoms with Gasteiger partial charge in [-0.05, 0) is 30.0 Å². The third kappa shape index (κ3) is 4.05. The van der Waals surface area contributed by atoms with Crippen molar-refractivity contribution in [3.8, 4) is 11.3 Å². The molecule has 1 N–H and O–H groups in total. The zero-order valence-electron chi connectivity index (χ0n) is 13.3. The first-order valence-corrected chi connectivity index (χ1v) is 9.39. The molecule has 0 spiro atoms. The molecule has 0 bridgehead atoms. The number of anilines is 1. The molecule has 3 rings (SSSR count). The quantitative estimate of drug-likeness (QED) is 0.602. The molecule has 0 atom stereocenters. The number of amides is 1. The second-order valence-electron chi connectivity index (χ2n) is 5.05. The largest absolute Gasteiger partial charge is 0.298 e. The van der Waals surface area contributed by atoms with Crippen LogP contribution in [0.25, 0.3) is 11.3 Å². The topological polar surface area (TPSA) is 42.0 Å². The molecule has 0 unspecified atom stereocenters. The summed E-state index contributed by atoms with van der Waals surface area (Å²) in [5.41, 5.74) is 1.12. The summed E-state index contributed by atoms with van der Waals surface area (Å²) < 4.78 is 26.9. The smallest absolute Gasteiger partial charge is 0.258 e. The third-order valence-corrected chi connectivity index (χ3v) is 5.08. The number of hydrogen-bond acceptors (Lipinski definition) is 4. The van der Waals surface area contributed by atoms with Crippen molar-refractivity contribution < 1.29 is 13.6 Å². The first-order chi connectivity index (χ1) is 12.1. The number of halogens is 2. The average Bonchev–Trinajstić information content (AvgIpc) is 3.03. The highest BCUT2D eigenvalue weighted by Gasteiger charge is 2.15. The van der Waals surface area contributed by atoms with E-state index in [2.05, 4.69) is 10.3 Å². The predicted octanol–water partition coefficient (Wildman–Crippen LogP) is 5.45. The van der Waals surface area contributed by atoms with Gasteiger partial charge in [0.1, 0.15) is 11.6 Å². The van der Waals surface area contributed by atoms with Gasteiger partial charge >= 0.3 is 0 Å². The Hall–Kier alpha value is -2.25. The van der Waals surface area contributed by atoms with Crippen molar-refractivity contribution in [1.82, 2.24) is 4.98 Å². The predicted molar refractivity (Wildman–Crippen MR) is 98.3 cm³/mol. The lowest BCUT2D eigenvalue weighted by atomic mass is 10.1. The highest BCUT2D eigenvalue weighted by Crippen LogP contribution is 2.28. The van der Waals surface area contributed by atoms with E-state index in [0.29, 0.717) is 16.4 Å². The van der Waals surface area contributed by atoms with Crippen LogP contribution in [-0.4, -0.2) is 16.6 Å². The Balaban J connectivity index is 1.81. The van der Waals surface area contributed by atoms with E-state index in [9.17, 15) is 13.6 Å². The minimum Gasteiger partial charge on any atom is -0.298 e. The molecular formula is C18H14F2N2OS2. The zero-order chi connectivity index (χ0) is 17.8. The number of benzene rings is 2. The fourth-order valence-corrected chi connectivity index (χ4v) is 3.76. The molecule has 3 aromatic rings. The van der Waals surface area contributed by atoms with E-state index in [0.717, 1.165) is 16.7 Å². The van der Waals surface area contributed by atoms with Crippen LogP contribution in [0.5, 0.6) is 0 Å². The lowest BCUT2D eigenvalue weighted by molar-refractivity contribution is 0.102. The van der Waals surface area contributed by atoms with Gasteiger partial charge in [0.2, 0.25) is 0 Å². The van der Waals surface area contributed by atoms with E-state index < -0.39 is 11.6 Å². The average molecular weight is 376 g/mol. The van der Waals surface area contributed by atoms with Crippen LogP contribution in [0.3, 0.4) is 0 Å². The summed E-state index contributed by atoms with van der Waals surface area (Å²) in [5, 5.41) is 4.72. The van der Waals surface area contributed by atoms with E-state index in [1.807, 2.05) is 19.1 Å². The van der Waals surface area contributed by atoms with Gasteiger partial charge in [0.05, 0.1) is 11.3 Å². The molecule has 1 aromatic heterocycles. The maximum absolute atomic E-state index is 13.8. The Kier molecular flexibility index (Phi) is 5.45. The van der Waals surface area contributed by atoms with Gasteiger partial charge in [-0.3, -0.25) is 10.1 Å². The molecule has 25 heavy (non-hydrogen) atoms. The van der Waals surface area contributed by atoms with Crippen molar-refractivity contribution in [1.29, 1.82) is 0 Å². The number of thiazole rings is 1. The van der Waals surface area contributed by atoms with Crippen molar-refractivity contribution >= 4 is 34.1 Å². The second kappa shape index (κ2) is 7.76. The molecular weight excluding hydrogens is 362 g/mol. The zero-order valence-corrected chi connectivity index (χ0v) is 14.9. The van der Waals surface area contributed by atoms with Crippen molar-refractivity contribution in [3.63, 3.8) is 0 Å². The first-order valence-electron chi connectivity index (χ1n) is 7.52. The summed E-state index contributed by atoms with van der Waals surface area (Å²) >= 11 is 2.77. The van der Waals surface area contributed by atoms with Crippen molar-refractivity contribution in [2.45, 2.75) is 11.8 Å². The summed E-state index contributed by atoms with van der Waals surface area (Å²) in [6.07, 6.45) is 0. The molecule has 3 nitrogen and oxygen atoms in total. The molecule has 1 amide bonds. The number of hydrogen-bond donors (Lipinski definition) is 1. The number of aromatic nitrogens is 1. The molecule has 2 aromatic carbocycles. The van der Waals surface area contributed by atoms with Gasteiger partial charge in [-0.15, -0.1) is 23.1 Å². The van der Waals surface area contributed by atoms with Crippen LogP contribution in [0, 0.1) is 11.6 Å². The van der Waals surface area contributed by atoms with Crippen molar-refractivity contribution in [3.05, 3.63) is 65.0 Å². The number of nitrogens with zero attached hydrogens (tertiary/aromatic N) is 1. The fourth-order valence-electron chi connectivity index (χ4n) is 2.25. The number of thioether (sulfide) groups is 1. The lowest BCUT2D eigenvalue weighted by Gasteiger charge is -2.07. The maximum Gasteiger partial charge on any atom is 0.258 e. The van der Waals surface area contributed by atoms with Crippen LogP contribution in [0.2, 0.25) is 0 Å². The Labute approximate surface area is 152 Å². The molecule has 0 aliphatic carbocycles. The molecule has 0 aliphatic heterocycles. The van der Waals surface area contributed by atoms with Gasteiger partial charge < -0.3 is 0 Å². The number of carbonyl (C=O) groups is 1. The van der Waals surface area contributed by atoms with E-state index >= 15 is 0 Å². The van der Waals surface area contributed by atoms with E-state index in [-0.39, 0.29) is 11.5 Å². The van der Waals surface area contributed by atoms with Crippen molar-refractivity contribution in [2.75, 3.05) is 11.1 Å². The molecule has 128 valence electrons. The van der Waals surface area contributed by atoms with Crippen LogP contribution in [0.15, 0.2) is 52.7 Å². The van der Waals surface area contributed by atoms with Crippen molar-refractivity contribution in [2.24, 2.45) is 0 Å². The molecule has 0 aliphatic rings. The molecule has 0 saturated heterocycles. The highest BCUT2D eigenvalue weighted by molar-refractivity contribution is 7.99. The molecule has 0 radical (unpaired) electrons. The molecule has 7 heteroatoms. The van der Waals surface area contributed by atoms with Gasteiger partial charge in [-0.25, -0.2) is 13.8 Å². The third-order valence-electron chi connectivity index (χ3n) is 3.36. The van der Waals surface area contributed by atoms with Gasteiger partial charge in [-0.1, -0.05) is 19.1 Å². The Morgan fingerprint density at radius 2 is 2.04 bits per heavy atom. The monoisotopic (exact) mass is 376 g/mol. The summed E-state index contributed by atoms with van der Waals surface area (Å²) in [7, 11) is 0. The molecule has 0 saturated carbocycles. The maximum atomic E-state index is 13.8. The number of rotatable bonds is 5. The minimum atomic E-state index is -0.687. The van der Waals surface area contributed by atoms with Crippen LogP contribution >= 0.6 is 23.1 Å². The Morgan fingerprint density at radius 3 is 2.80 bits per heavy atom. The van der Waals surface area contributed by atoms with Gasteiger partial charge in [0, 0.05) is 21.9 Å². The Bertz CT molecular complexity index is 912. The van der Waals surface area contributed by atoms with E-state index in [1.165, 1.54) is 23.5 Å².